The van der Waals surface area contributed by atoms with Crippen molar-refractivity contribution in [3.63, 3.8) is 0 Å². The van der Waals surface area contributed by atoms with Gasteiger partial charge in [0.2, 0.25) is 6.10 Å². The highest BCUT2D eigenvalue weighted by Crippen LogP contribution is 2.25. The molecule has 2 aliphatic rings. The summed E-state index contributed by atoms with van der Waals surface area (Å²) in [7, 11) is 0. The summed E-state index contributed by atoms with van der Waals surface area (Å²) >= 11 is 0. The Balaban J connectivity index is 1.51. The van der Waals surface area contributed by atoms with Gasteiger partial charge in [0, 0.05) is 37.0 Å². The van der Waals surface area contributed by atoms with Crippen LogP contribution in [0.1, 0.15) is 51.5 Å². The van der Waals surface area contributed by atoms with Crippen LogP contribution in [0.4, 0.5) is 0 Å². The Bertz CT molecular complexity index is 601. The van der Waals surface area contributed by atoms with Crippen molar-refractivity contribution in [1.29, 1.82) is 0 Å². The molecule has 1 aromatic heterocycles. The Morgan fingerprint density at radius 3 is 2.80 bits per heavy atom. The zero-order chi connectivity index (χ0) is 17.6. The molecule has 0 radical (unpaired) electrons. The highest BCUT2D eigenvalue weighted by Gasteiger charge is 2.33. The molecule has 1 amide bonds. The summed E-state index contributed by atoms with van der Waals surface area (Å²) < 4.78 is 5.92. The van der Waals surface area contributed by atoms with Crippen LogP contribution in [0.3, 0.4) is 0 Å². The first-order valence-corrected chi connectivity index (χ1v) is 9.26. The van der Waals surface area contributed by atoms with E-state index in [-0.39, 0.29) is 18.1 Å². The molecule has 0 spiro atoms. The molecule has 6 nitrogen and oxygen atoms in total. The SMILES string of the molecule is CCC(CC)[C@@H]1C[C@H](NC(=O)[C@H]2CC(c3ccncc3)=NO2)CCO1. The van der Waals surface area contributed by atoms with E-state index in [1.165, 1.54) is 0 Å². The normalized spacial score (nSPS) is 26.2. The summed E-state index contributed by atoms with van der Waals surface area (Å²) in [5.74, 6) is 0.479. The van der Waals surface area contributed by atoms with E-state index in [2.05, 4.69) is 29.3 Å². The number of carbonyl (C=O) groups excluding carboxylic acids is 1. The molecular formula is C19H27N3O3. The molecule has 3 atom stereocenters. The van der Waals surface area contributed by atoms with Gasteiger partial charge in [0.15, 0.2) is 0 Å². The fourth-order valence-corrected chi connectivity index (χ4v) is 3.63. The zero-order valence-corrected chi connectivity index (χ0v) is 15.0. The van der Waals surface area contributed by atoms with E-state index in [4.69, 9.17) is 9.57 Å². The van der Waals surface area contributed by atoms with Crippen LogP contribution < -0.4 is 5.32 Å². The van der Waals surface area contributed by atoms with Crippen LogP contribution >= 0.6 is 0 Å². The van der Waals surface area contributed by atoms with E-state index in [1.807, 2.05) is 12.1 Å². The molecule has 1 saturated heterocycles. The lowest BCUT2D eigenvalue weighted by atomic mass is 9.89. The van der Waals surface area contributed by atoms with E-state index >= 15 is 0 Å². The number of hydrogen-bond donors (Lipinski definition) is 1. The number of nitrogens with zero attached hydrogens (tertiary/aromatic N) is 2. The van der Waals surface area contributed by atoms with Crippen molar-refractivity contribution >= 4 is 11.6 Å². The zero-order valence-electron chi connectivity index (χ0n) is 15.0. The molecule has 136 valence electrons. The first-order valence-electron chi connectivity index (χ1n) is 9.26. The lowest BCUT2D eigenvalue weighted by molar-refractivity contribution is -0.133. The van der Waals surface area contributed by atoms with Gasteiger partial charge in [0.1, 0.15) is 0 Å². The number of hydrogen-bond acceptors (Lipinski definition) is 5. The molecular weight excluding hydrogens is 318 g/mol. The Hall–Kier alpha value is -1.95. The predicted octanol–water partition coefficient (Wildman–Crippen LogP) is 2.67. The van der Waals surface area contributed by atoms with Gasteiger partial charge in [-0.25, -0.2) is 0 Å². The van der Waals surface area contributed by atoms with E-state index in [1.54, 1.807) is 12.4 Å². The van der Waals surface area contributed by atoms with Crippen LogP contribution in [0.5, 0.6) is 0 Å². The molecule has 2 aliphatic heterocycles. The van der Waals surface area contributed by atoms with Gasteiger partial charge in [-0.3, -0.25) is 9.78 Å². The molecule has 3 heterocycles. The molecule has 0 saturated carbocycles. The van der Waals surface area contributed by atoms with Gasteiger partial charge in [-0.1, -0.05) is 31.8 Å². The minimum atomic E-state index is -0.544. The number of ether oxygens (including phenoxy) is 1. The van der Waals surface area contributed by atoms with E-state index in [0.29, 0.717) is 18.9 Å². The van der Waals surface area contributed by atoms with Crippen molar-refractivity contribution in [2.45, 2.75) is 64.2 Å². The quantitative estimate of drug-likeness (QED) is 0.860. The second kappa shape index (κ2) is 8.43. The standard InChI is InChI=1S/C19H27N3O3/c1-3-13(4-2)17-11-15(7-10-24-17)21-19(23)18-12-16(22-25-18)14-5-8-20-9-6-14/h5-6,8-9,13,15,17-18H,3-4,7,10-12H2,1-2H3,(H,21,23)/t15-,17+,18-/m1/s1. The first kappa shape index (κ1) is 17.9. The van der Waals surface area contributed by atoms with Gasteiger partial charge < -0.3 is 14.9 Å². The fourth-order valence-electron chi connectivity index (χ4n) is 3.63. The summed E-state index contributed by atoms with van der Waals surface area (Å²) in [5, 5.41) is 7.21. The fraction of sp³-hybridized carbons (Fsp3) is 0.632. The summed E-state index contributed by atoms with van der Waals surface area (Å²) in [6.07, 6.45) is 7.56. The maximum atomic E-state index is 12.5. The molecule has 0 aromatic carbocycles. The van der Waals surface area contributed by atoms with Crippen molar-refractivity contribution in [2.75, 3.05) is 6.61 Å². The van der Waals surface area contributed by atoms with Crippen molar-refractivity contribution in [2.24, 2.45) is 11.1 Å². The average Bonchev–Trinajstić information content (AvgIpc) is 3.14. The Morgan fingerprint density at radius 1 is 1.32 bits per heavy atom. The third-order valence-corrected chi connectivity index (χ3v) is 5.21. The van der Waals surface area contributed by atoms with Crippen LogP contribution in [-0.2, 0) is 14.4 Å². The maximum Gasteiger partial charge on any atom is 0.264 e. The van der Waals surface area contributed by atoms with Gasteiger partial charge in [-0.2, -0.15) is 0 Å². The number of pyridine rings is 1. The first-order chi connectivity index (χ1) is 12.2. The number of nitrogens with one attached hydrogen (secondary N) is 1. The monoisotopic (exact) mass is 345 g/mol. The minimum Gasteiger partial charge on any atom is -0.382 e. The molecule has 1 N–H and O–H groups in total. The largest absolute Gasteiger partial charge is 0.382 e. The second-order valence-corrected chi connectivity index (χ2v) is 6.79. The molecule has 1 aromatic rings. The molecule has 0 aliphatic carbocycles. The molecule has 25 heavy (non-hydrogen) atoms. The maximum absolute atomic E-state index is 12.5. The second-order valence-electron chi connectivity index (χ2n) is 6.79. The highest BCUT2D eigenvalue weighted by molar-refractivity contribution is 6.03. The molecule has 1 fully saturated rings. The Labute approximate surface area is 149 Å². The van der Waals surface area contributed by atoms with Crippen molar-refractivity contribution in [3.8, 4) is 0 Å². The lowest BCUT2D eigenvalue weighted by Crippen LogP contribution is -2.47. The minimum absolute atomic E-state index is 0.0806. The third-order valence-electron chi connectivity index (χ3n) is 5.21. The van der Waals surface area contributed by atoms with Crippen molar-refractivity contribution in [1.82, 2.24) is 10.3 Å². The molecule has 3 rings (SSSR count). The number of amides is 1. The smallest absolute Gasteiger partial charge is 0.264 e. The topological polar surface area (TPSA) is 72.8 Å². The summed E-state index contributed by atoms with van der Waals surface area (Å²) in [6, 6.07) is 3.91. The van der Waals surface area contributed by atoms with E-state index in [9.17, 15) is 4.79 Å². The van der Waals surface area contributed by atoms with Crippen LogP contribution in [-0.4, -0.2) is 41.5 Å². The van der Waals surface area contributed by atoms with Crippen molar-refractivity contribution in [3.05, 3.63) is 30.1 Å². The third kappa shape index (κ3) is 4.37. The predicted molar refractivity (Wildman–Crippen MR) is 95.2 cm³/mol. The van der Waals surface area contributed by atoms with Crippen molar-refractivity contribution < 1.29 is 14.4 Å². The van der Waals surface area contributed by atoms with Gasteiger partial charge in [-0.15, -0.1) is 0 Å². The number of rotatable bonds is 6. The number of carbonyl (C=O) groups is 1. The number of aromatic nitrogens is 1. The van der Waals surface area contributed by atoms with E-state index < -0.39 is 6.10 Å². The van der Waals surface area contributed by atoms with Crippen LogP contribution in [0.25, 0.3) is 0 Å². The summed E-state index contributed by atoms with van der Waals surface area (Å²) in [6.45, 7) is 5.10. The highest BCUT2D eigenvalue weighted by atomic mass is 16.6. The summed E-state index contributed by atoms with van der Waals surface area (Å²) in [4.78, 5) is 21.9. The van der Waals surface area contributed by atoms with Gasteiger partial charge in [0.25, 0.3) is 5.91 Å². The molecule has 0 bridgehead atoms. The van der Waals surface area contributed by atoms with Crippen LogP contribution in [0.2, 0.25) is 0 Å². The molecule has 6 heteroatoms. The molecule has 0 unspecified atom stereocenters. The lowest BCUT2D eigenvalue weighted by Gasteiger charge is -2.34. The Kier molecular flexibility index (Phi) is 6.02. The Morgan fingerprint density at radius 2 is 2.08 bits per heavy atom. The summed E-state index contributed by atoms with van der Waals surface area (Å²) in [5.41, 5.74) is 1.74. The number of oxime groups is 1. The van der Waals surface area contributed by atoms with Gasteiger partial charge >= 0.3 is 0 Å². The van der Waals surface area contributed by atoms with Crippen LogP contribution in [0, 0.1) is 5.92 Å². The van der Waals surface area contributed by atoms with Gasteiger partial charge in [0.05, 0.1) is 11.8 Å². The van der Waals surface area contributed by atoms with Gasteiger partial charge in [-0.05, 0) is 30.9 Å². The van der Waals surface area contributed by atoms with Crippen LogP contribution in [0.15, 0.2) is 29.7 Å². The average molecular weight is 345 g/mol. The van der Waals surface area contributed by atoms with E-state index in [0.717, 1.165) is 37.0 Å².